The van der Waals surface area contributed by atoms with Gasteiger partial charge in [-0.3, -0.25) is 4.79 Å². The summed E-state index contributed by atoms with van der Waals surface area (Å²) in [5.74, 6) is 0.0699. The molecule has 1 aromatic rings. The van der Waals surface area contributed by atoms with Gasteiger partial charge in [0, 0.05) is 30.7 Å². The van der Waals surface area contributed by atoms with E-state index in [1.165, 1.54) is 0 Å². The third-order valence-electron chi connectivity index (χ3n) is 2.33. The monoisotopic (exact) mass is 299 g/mol. The summed E-state index contributed by atoms with van der Waals surface area (Å²) < 4.78 is 6.20. The molecular formula is C13H18BrNO2. The van der Waals surface area contributed by atoms with Crippen molar-refractivity contribution in [1.82, 2.24) is 5.32 Å². The highest BCUT2D eigenvalue weighted by atomic mass is 79.9. The maximum atomic E-state index is 11.5. The molecule has 1 N–H and O–H groups in total. The van der Waals surface area contributed by atoms with Gasteiger partial charge in [-0.25, -0.2) is 0 Å². The largest absolute Gasteiger partial charge is 0.382 e. The second kappa shape index (κ2) is 8.25. The van der Waals surface area contributed by atoms with Crippen molar-refractivity contribution in [2.45, 2.75) is 26.3 Å². The van der Waals surface area contributed by atoms with E-state index in [4.69, 9.17) is 4.74 Å². The number of nitrogens with one attached hydrogen (secondary N) is 1. The SMILES string of the molecule is CCOCCCC(=O)NCc1ccccc1Br. The van der Waals surface area contributed by atoms with Gasteiger partial charge in [-0.2, -0.15) is 0 Å². The molecule has 0 radical (unpaired) electrons. The van der Waals surface area contributed by atoms with Gasteiger partial charge in [-0.05, 0) is 25.0 Å². The normalized spacial score (nSPS) is 10.2. The number of rotatable bonds is 7. The fourth-order valence-corrected chi connectivity index (χ4v) is 1.83. The predicted octanol–water partition coefficient (Wildman–Crippen LogP) is 2.88. The van der Waals surface area contributed by atoms with E-state index in [0.717, 1.165) is 16.5 Å². The van der Waals surface area contributed by atoms with Crippen molar-refractivity contribution in [1.29, 1.82) is 0 Å². The number of ether oxygens (including phenoxy) is 1. The zero-order valence-electron chi connectivity index (χ0n) is 10.0. The number of halogens is 1. The van der Waals surface area contributed by atoms with Crippen LogP contribution >= 0.6 is 15.9 Å². The summed E-state index contributed by atoms with van der Waals surface area (Å²) in [5, 5.41) is 2.89. The maximum absolute atomic E-state index is 11.5. The molecule has 0 aliphatic rings. The van der Waals surface area contributed by atoms with Gasteiger partial charge in [-0.15, -0.1) is 0 Å². The minimum Gasteiger partial charge on any atom is -0.382 e. The average molecular weight is 300 g/mol. The fraction of sp³-hybridized carbons (Fsp3) is 0.462. The Balaban J connectivity index is 2.22. The summed E-state index contributed by atoms with van der Waals surface area (Å²) in [7, 11) is 0. The van der Waals surface area contributed by atoms with Gasteiger partial charge in [0.2, 0.25) is 5.91 Å². The summed E-state index contributed by atoms with van der Waals surface area (Å²) in [6.45, 7) is 3.87. The van der Waals surface area contributed by atoms with Gasteiger partial charge in [0.1, 0.15) is 0 Å². The van der Waals surface area contributed by atoms with Crippen LogP contribution < -0.4 is 5.32 Å². The number of amides is 1. The highest BCUT2D eigenvalue weighted by Gasteiger charge is 2.03. The molecule has 0 aliphatic carbocycles. The van der Waals surface area contributed by atoms with E-state index < -0.39 is 0 Å². The predicted molar refractivity (Wildman–Crippen MR) is 71.7 cm³/mol. The van der Waals surface area contributed by atoms with E-state index in [1.54, 1.807) is 0 Å². The van der Waals surface area contributed by atoms with E-state index in [-0.39, 0.29) is 5.91 Å². The zero-order chi connectivity index (χ0) is 12.5. The van der Waals surface area contributed by atoms with Crippen LogP contribution in [0.1, 0.15) is 25.3 Å². The van der Waals surface area contributed by atoms with E-state index in [9.17, 15) is 4.79 Å². The van der Waals surface area contributed by atoms with Gasteiger partial charge in [0.25, 0.3) is 0 Å². The molecule has 1 aromatic carbocycles. The Bertz CT molecular complexity index is 355. The Hall–Kier alpha value is -0.870. The first-order valence-electron chi connectivity index (χ1n) is 5.82. The molecule has 0 fully saturated rings. The fourth-order valence-electron chi connectivity index (χ4n) is 1.40. The Morgan fingerprint density at radius 2 is 2.18 bits per heavy atom. The lowest BCUT2D eigenvalue weighted by Crippen LogP contribution is -2.22. The number of hydrogen-bond donors (Lipinski definition) is 1. The Morgan fingerprint density at radius 1 is 1.41 bits per heavy atom. The van der Waals surface area contributed by atoms with Crippen molar-refractivity contribution < 1.29 is 9.53 Å². The van der Waals surface area contributed by atoms with Crippen LogP contribution in [0.3, 0.4) is 0 Å². The molecule has 0 unspecified atom stereocenters. The highest BCUT2D eigenvalue weighted by Crippen LogP contribution is 2.15. The van der Waals surface area contributed by atoms with Crippen LogP contribution in [0.25, 0.3) is 0 Å². The molecule has 0 atom stereocenters. The molecule has 0 spiro atoms. The minimum absolute atomic E-state index is 0.0699. The first-order valence-corrected chi connectivity index (χ1v) is 6.61. The molecule has 0 aliphatic heterocycles. The summed E-state index contributed by atoms with van der Waals surface area (Å²) >= 11 is 3.45. The van der Waals surface area contributed by atoms with Crippen molar-refractivity contribution in [3.8, 4) is 0 Å². The van der Waals surface area contributed by atoms with Crippen molar-refractivity contribution in [2.24, 2.45) is 0 Å². The summed E-state index contributed by atoms with van der Waals surface area (Å²) in [5.41, 5.74) is 1.09. The van der Waals surface area contributed by atoms with Crippen LogP contribution in [-0.4, -0.2) is 19.1 Å². The minimum atomic E-state index is 0.0699. The van der Waals surface area contributed by atoms with E-state index in [0.29, 0.717) is 26.2 Å². The molecule has 1 rings (SSSR count). The van der Waals surface area contributed by atoms with E-state index in [2.05, 4.69) is 21.2 Å². The number of carbonyl (C=O) groups excluding carboxylic acids is 1. The first kappa shape index (κ1) is 14.2. The average Bonchev–Trinajstić information content (AvgIpc) is 2.34. The summed E-state index contributed by atoms with van der Waals surface area (Å²) in [4.78, 5) is 11.5. The molecular weight excluding hydrogens is 282 g/mol. The third-order valence-corrected chi connectivity index (χ3v) is 3.10. The quantitative estimate of drug-likeness (QED) is 0.786. The second-order valence-electron chi connectivity index (χ2n) is 3.67. The maximum Gasteiger partial charge on any atom is 0.220 e. The van der Waals surface area contributed by atoms with Crippen LogP contribution in [-0.2, 0) is 16.1 Å². The lowest BCUT2D eigenvalue weighted by atomic mass is 10.2. The first-order chi connectivity index (χ1) is 8.24. The van der Waals surface area contributed by atoms with Crippen LogP contribution in [0.15, 0.2) is 28.7 Å². The van der Waals surface area contributed by atoms with Crippen molar-refractivity contribution in [3.05, 3.63) is 34.3 Å². The number of hydrogen-bond acceptors (Lipinski definition) is 2. The second-order valence-corrected chi connectivity index (χ2v) is 4.52. The smallest absolute Gasteiger partial charge is 0.220 e. The highest BCUT2D eigenvalue weighted by molar-refractivity contribution is 9.10. The molecule has 4 heteroatoms. The summed E-state index contributed by atoms with van der Waals surface area (Å²) in [6.07, 6.45) is 1.29. The Kier molecular flexibility index (Phi) is 6.89. The van der Waals surface area contributed by atoms with Crippen LogP contribution in [0.2, 0.25) is 0 Å². The molecule has 1 amide bonds. The standard InChI is InChI=1S/C13H18BrNO2/c1-2-17-9-5-8-13(16)15-10-11-6-3-4-7-12(11)14/h3-4,6-7H,2,5,8-10H2,1H3,(H,15,16). The molecule has 94 valence electrons. The molecule has 0 heterocycles. The molecule has 0 bridgehead atoms. The molecule has 0 saturated heterocycles. The number of benzene rings is 1. The van der Waals surface area contributed by atoms with Gasteiger partial charge in [0.15, 0.2) is 0 Å². The molecule has 0 saturated carbocycles. The third kappa shape index (κ3) is 5.84. The molecule has 0 aromatic heterocycles. The summed E-state index contributed by atoms with van der Waals surface area (Å²) in [6, 6.07) is 7.87. The van der Waals surface area contributed by atoms with E-state index in [1.807, 2.05) is 31.2 Å². The Labute approximate surface area is 111 Å². The molecule has 3 nitrogen and oxygen atoms in total. The van der Waals surface area contributed by atoms with Crippen molar-refractivity contribution in [3.63, 3.8) is 0 Å². The lowest BCUT2D eigenvalue weighted by Gasteiger charge is -2.07. The van der Waals surface area contributed by atoms with Crippen LogP contribution in [0.5, 0.6) is 0 Å². The topological polar surface area (TPSA) is 38.3 Å². The van der Waals surface area contributed by atoms with Crippen LogP contribution in [0.4, 0.5) is 0 Å². The Morgan fingerprint density at radius 3 is 2.88 bits per heavy atom. The van der Waals surface area contributed by atoms with Crippen LogP contribution in [0, 0.1) is 0 Å². The van der Waals surface area contributed by atoms with Crippen molar-refractivity contribution in [2.75, 3.05) is 13.2 Å². The van der Waals surface area contributed by atoms with Gasteiger partial charge in [-0.1, -0.05) is 34.1 Å². The lowest BCUT2D eigenvalue weighted by molar-refractivity contribution is -0.121. The molecule has 17 heavy (non-hydrogen) atoms. The van der Waals surface area contributed by atoms with E-state index >= 15 is 0 Å². The number of carbonyl (C=O) groups is 1. The zero-order valence-corrected chi connectivity index (χ0v) is 11.6. The van der Waals surface area contributed by atoms with Crippen molar-refractivity contribution >= 4 is 21.8 Å². The van der Waals surface area contributed by atoms with Gasteiger partial charge in [0.05, 0.1) is 0 Å². The van der Waals surface area contributed by atoms with Gasteiger partial charge < -0.3 is 10.1 Å². The van der Waals surface area contributed by atoms with Gasteiger partial charge >= 0.3 is 0 Å².